The predicted octanol–water partition coefficient (Wildman–Crippen LogP) is 5.20. The van der Waals surface area contributed by atoms with E-state index in [2.05, 4.69) is 89.1 Å². The fourth-order valence-electron chi connectivity index (χ4n) is 4.62. The molecule has 0 saturated carbocycles. The molecule has 3 heteroatoms. The maximum Gasteiger partial charge on any atom is 0.117 e. The SMILES string of the molecule is COc1c([Si](C)(C)C)cc(C)cc1[Si](C)(C)C1C(C)=Cc2ccccc21. The Morgan fingerprint density at radius 2 is 1.50 bits per heavy atom. The number of allylic oxidation sites excluding steroid dienone is 1. The van der Waals surface area contributed by atoms with Crippen molar-refractivity contribution in [2.75, 3.05) is 7.11 Å². The first kappa shape index (κ1) is 19.2. The van der Waals surface area contributed by atoms with Crippen molar-refractivity contribution in [1.29, 1.82) is 0 Å². The summed E-state index contributed by atoms with van der Waals surface area (Å²) in [4.78, 5) is 0. The molecule has 2 aromatic rings. The quantitative estimate of drug-likeness (QED) is 0.662. The lowest BCUT2D eigenvalue weighted by Crippen LogP contribution is -2.52. The van der Waals surface area contributed by atoms with Crippen LogP contribution in [0.2, 0.25) is 32.7 Å². The van der Waals surface area contributed by atoms with E-state index in [9.17, 15) is 0 Å². The van der Waals surface area contributed by atoms with Crippen LogP contribution in [0.5, 0.6) is 5.75 Å². The van der Waals surface area contributed by atoms with Crippen molar-refractivity contribution >= 4 is 32.6 Å². The van der Waals surface area contributed by atoms with Crippen molar-refractivity contribution in [3.63, 3.8) is 0 Å². The molecule has 1 unspecified atom stereocenters. The summed E-state index contributed by atoms with van der Waals surface area (Å²) in [6.07, 6.45) is 2.39. The van der Waals surface area contributed by atoms with Crippen LogP contribution in [-0.2, 0) is 0 Å². The van der Waals surface area contributed by atoms with E-state index in [1.807, 2.05) is 7.11 Å². The number of ether oxygens (including phenoxy) is 1. The highest BCUT2D eigenvalue weighted by atomic mass is 28.3. The minimum Gasteiger partial charge on any atom is -0.497 e. The number of fused-ring (bicyclic) bond motifs is 1. The average Bonchev–Trinajstić information content (AvgIpc) is 2.89. The van der Waals surface area contributed by atoms with Crippen molar-refractivity contribution in [1.82, 2.24) is 0 Å². The monoisotopic (exact) mass is 380 g/mol. The molecule has 138 valence electrons. The Labute approximate surface area is 161 Å². The molecular formula is C23H32OSi2. The van der Waals surface area contributed by atoms with Crippen molar-refractivity contribution in [3.05, 3.63) is 58.7 Å². The van der Waals surface area contributed by atoms with Crippen LogP contribution in [0.25, 0.3) is 6.08 Å². The van der Waals surface area contributed by atoms with Crippen LogP contribution in [-0.4, -0.2) is 23.3 Å². The minimum absolute atomic E-state index is 0.517. The number of hydrogen-bond donors (Lipinski definition) is 0. The second kappa shape index (κ2) is 6.54. The minimum atomic E-state index is -1.84. The zero-order chi connectivity index (χ0) is 19.3. The molecule has 1 atom stereocenters. The first-order valence-electron chi connectivity index (χ1n) is 9.54. The summed E-state index contributed by atoms with van der Waals surface area (Å²) >= 11 is 0. The second-order valence-electron chi connectivity index (χ2n) is 9.32. The summed E-state index contributed by atoms with van der Waals surface area (Å²) < 4.78 is 6.08. The molecule has 0 bridgehead atoms. The molecule has 0 spiro atoms. The molecule has 0 radical (unpaired) electrons. The standard InChI is InChI=1S/C23H32OSi2/c1-16-13-20(25(4,5)6)22(24-3)21(14-16)26(7,8)23-17(2)15-18-11-9-10-12-19(18)23/h9-15,23H,1-8H3. The van der Waals surface area contributed by atoms with Crippen molar-refractivity contribution in [3.8, 4) is 5.75 Å². The van der Waals surface area contributed by atoms with Crippen LogP contribution in [0.15, 0.2) is 42.0 Å². The highest BCUT2D eigenvalue weighted by molar-refractivity contribution is 6.94. The molecule has 0 aliphatic heterocycles. The van der Waals surface area contributed by atoms with Gasteiger partial charge in [-0.1, -0.05) is 86.3 Å². The Balaban J connectivity index is 2.23. The van der Waals surface area contributed by atoms with E-state index in [1.54, 1.807) is 0 Å². The number of benzene rings is 2. The van der Waals surface area contributed by atoms with Crippen LogP contribution < -0.4 is 15.1 Å². The van der Waals surface area contributed by atoms with E-state index >= 15 is 0 Å². The Hall–Kier alpha value is -1.59. The zero-order valence-corrected chi connectivity index (χ0v) is 19.5. The molecule has 0 N–H and O–H groups in total. The Kier molecular flexibility index (Phi) is 4.82. The Bertz CT molecular complexity index is 872. The molecule has 2 aromatic carbocycles. The zero-order valence-electron chi connectivity index (χ0n) is 17.5. The van der Waals surface area contributed by atoms with Gasteiger partial charge in [-0.2, -0.15) is 0 Å². The first-order valence-corrected chi connectivity index (χ1v) is 16.1. The lowest BCUT2D eigenvalue weighted by Gasteiger charge is -2.35. The fraction of sp³-hybridized carbons (Fsp3) is 0.391. The van der Waals surface area contributed by atoms with Gasteiger partial charge in [0.2, 0.25) is 0 Å². The van der Waals surface area contributed by atoms with Crippen molar-refractivity contribution in [2.24, 2.45) is 0 Å². The first-order chi connectivity index (χ1) is 12.1. The number of hydrogen-bond acceptors (Lipinski definition) is 1. The molecule has 3 rings (SSSR count). The van der Waals surface area contributed by atoms with Gasteiger partial charge in [-0.3, -0.25) is 0 Å². The smallest absolute Gasteiger partial charge is 0.117 e. The fourth-order valence-corrected chi connectivity index (χ4v) is 10.3. The number of aryl methyl sites for hydroxylation is 1. The number of methoxy groups -OCH3 is 1. The van der Waals surface area contributed by atoms with E-state index in [4.69, 9.17) is 4.74 Å². The second-order valence-corrected chi connectivity index (χ2v) is 18.9. The molecule has 0 aromatic heterocycles. The van der Waals surface area contributed by atoms with E-state index in [-0.39, 0.29) is 0 Å². The van der Waals surface area contributed by atoms with Gasteiger partial charge in [0.1, 0.15) is 5.75 Å². The molecule has 1 aliphatic carbocycles. The van der Waals surface area contributed by atoms with Gasteiger partial charge in [-0.25, -0.2) is 0 Å². The molecule has 1 nitrogen and oxygen atoms in total. The van der Waals surface area contributed by atoms with E-state index in [0.29, 0.717) is 5.54 Å². The lowest BCUT2D eigenvalue weighted by molar-refractivity contribution is 0.420. The van der Waals surface area contributed by atoms with Crippen LogP contribution >= 0.6 is 0 Å². The van der Waals surface area contributed by atoms with Gasteiger partial charge in [-0.15, -0.1) is 0 Å². The third-order valence-electron chi connectivity index (χ3n) is 5.81. The van der Waals surface area contributed by atoms with Gasteiger partial charge >= 0.3 is 0 Å². The lowest BCUT2D eigenvalue weighted by atomic mass is 10.1. The van der Waals surface area contributed by atoms with E-state index in [0.717, 1.165) is 0 Å². The summed E-state index contributed by atoms with van der Waals surface area (Å²) in [6, 6.07) is 13.7. The molecule has 0 saturated heterocycles. The average molecular weight is 381 g/mol. The predicted molar refractivity (Wildman–Crippen MR) is 121 cm³/mol. The maximum absolute atomic E-state index is 6.08. The molecule has 1 aliphatic rings. The topological polar surface area (TPSA) is 9.23 Å². The maximum atomic E-state index is 6.08. The van der Waals surface area contributed by atoms with E-state index < -0.39 is 16.1 Å². The van der Waals surface area contributed by atoms with Crippen LogP contribution in [0.1, 0.15) is 29.2 Å². The third-order valence-corrected chi connectivity index (χ3v) is 11.8. The Morgan fingerprint density at radius 1 is 0.885 bits per heavy atom. The summed E-state index contributed by atoms with van der Waals surface area (Å²) in [6.45, 7) is 16.8. The molecule has 26 heavy (non-hydrogen) atoms. The van der Waals surface area contributed by atoms with Gasteiger partial charge in [0.25, 0.3) is 0 Å². The van der Waals surface area contributed by atoms with Crippen molar-refractivity contribution < 1.29 is 4.74 Å². The molecule has 0 amide bonds. The van der Waals surface area contributed by atoms with Gasteiger partial charge < -0.3 is 4.74 Å². The van der Waals surface area contributed by atoms with Crippen LogP contribution in [0, 0.1) is 6.92 Å². The summed E-state index contributed by atoms with van der Waals surface area (Å²) in [5.74, 6) is 1.17. The number of rotatable bonds is 4. The molecular weight excluding hydrogens is 348 g/mol. The van der Waals surface area contributed by atoms with Crippen molar-refractivity contribution in [2.45, 2.75) is 52.1 Å². The van der Waals surface area contributed by atoms with Gasteiger partial charge in [0.15, 0.2) is 0 Å². The van der Waals surface area contributed by atoms with Gasteiger partial charge in [-0.05, 0) is 35.3 Å². The highest BCUT2D eigenvalue weighted by Crippen LogP contribution is 2.42. The molecule has 0 heterocycles. The summed E-state index contributed by atoms with van der Waals surface area (Å²) in [7, 11) is -1.47. The highest BCUT2D eigenvalue weighted by Gasteiger charge is 2.42. The normalized spacial score (nSPS) is 17.1. The van der Waals surface area contributed by atoms with Crippen LogP contribution in [0.4, 0.5) is 0 Å². The van der Waals surface area contributed by atoms with Gasteiger partial charge in [0, 0.05) is 5.54 Å². The molecule has 0 fully saturated rings. The van der Waals surface area contributed by atoms with Gasteiger partial charge in [0.05, 0.1) is 23.3 Å². The van der Waals surface area contributed by atoms with E-state index in [1.165, 1.54) is 38.4 Å². The van der Waals surface area contributed by atoms with Crippen LogP contribution in [0.3, 0.4) is 0 Å². The largest absolute Gasteiger partial charge is 0.497 e. The summed E-state index contributed by atoms with van der Waals surface area (Å²) in [5.41, 5.74) is 6.28. The Morgan fingerprint density at radius 3 is 2.12 bits per heavy atom. The third kappa shape index (κ3) is 3.12. The summed E-state index contributed by atoms with van der Waals surface area (Å²) in [5, 5.41) is 2.94.